The molecule has 1 aromatic carbocycles. The van der Waals surface area contributed by atoms with E-state index in [0.717, 1.165) is 12.8 Å². The van der Waals surface area contributed by atoms with Crippen LogP contribution in [0.25, 0.3) is 0 Å². The fourth-order valence-corrected chi connectivity index (χ4v) is 3.13. The average Bonchev–Trinajstić information content (AvgIpc) is 2.63. The van der Waals surface area contributed by atoms with Crippen molar-refractivity contribution in [3.05, 3.63) is 62.3 Å². The summed E-state index contributed by atoms with van der Waals surface area (Å²) in [5.74, 6) is 0.318. The summed E-state index contributed by atoms with van der Waals surface area (Å²) in [4.78, 5) is 27.3. The number of nitrogens with zero attached hydrogens (tertiary/aromatic N) is 4. The molecule has 1 fully saturated rings. The van der Waals surface area contributed by atoms with Crippen LogP contribution in [0.15, 0.2) is 39.9 Å². The molecular formula is C18H21N5O2. The van der Waals surface area contributed by atoms with Crippen molar-refractivity contribution in [1.82, 2.24) is 9.13 Å². The van der Waals surface area contributed by atoms with Crippen LogP contribution in [0.1, 0.15) is 28.1 Å². The monoisotopic (exact) mass is 343 g/mol. The van der Waals surface area contributed by atoms with Gasteiger partial charge < -0.3 is 10.6 Å². The fourth-order valence-electron chi connectivity index (χ4n) is 3.13. The van der Waals surface area contributed by atoms with E-state index in [9.17, 15) is 14.9 Å². The lowest BCUT2D eigenvalue weighted by molar-refractivity contribution is 0.491. The van der Waals surface area contributed by atoms with Gasteiger partial charge in [0, 0.05) is 36.3 Å². The molecule has 0 saturated carbocycles. The van der Waals surface area contributed by atoms with E-state index in [1.54, 1.807) is 24.3 Å². The van der Waals surface area contributed by atoms with Crippen molar-refractivity contribution in [2.24, 2.45) is 12.7 Å². The topological polar surface area (TPSA) is 97.1 Å². The van der Waals surface area contributed by atoms with E-state index in [1.165, 1.54) is 10.6 Å². The van der Waals surface area contributed by atoms with Gasteiger partial charge in [-0.2, -0.15) is 5.26 Å². The first-order valence-corrected chi connectivity index (χ1v) is 8.08. The predicted octanol–water partition coefficient (Wildman–Crippen LogP) is 0.394. The average molecular weight is 343 g/mol. The quantitative estimate of drug-likeness (QED) is 0.814. The maximum absolute atomic E-state index is 13.0. The summed E-state index contributed by atoms with van der Waals surface area (Å²) in [6.07, 6.45) is 1.64. The molecule has 0 spiro atoms. The molecule has 0 aliphatic carbocycles. The van der Waals surface area contributed by atoms with Crippen LogP contribution in [0.5, 0.6) is 0 Å². The first-order valence-electron chi connectivity index (χ1n) is 9.58. The van der Waals surface area contributed by atoms with Crippen molar-refractivity contribution in [1.29, 1.82) is 5.26 Å². The normalized spacial score (nSPS) is 19.6. The van der Waals surface area contributed by atoms with E-state index >= 15 is 0 Å². The molecule has 2 aromatic rings. The number of hydrogen-bond acceptors (Lipinski definition) is 5. The molecule has 1 aromatic heterocycles. The highest BCUT2D eigenvalue weighted by Gasteiger charge is 2.22. The number of aromatic nitrogens is 2. The highest BCUT2D eigenvalue weighted by molar-refractivity contribution is 5.42. The SMILES string of the molecule is [2H][13C]([2H])([2H])n1c(=O)cc(N2CCC[C@H](N)C2)n(Cc2ccccc2C#N)c1=O. The second kappa shape index (κ2) is 6.95. The molecule has 0 amide bonds. The highest BCUT2D eigenvalue weighted by Crippen LogP contribution is 2.19. The number of hydrogen-bond donors (Lipinski definition) is 1. The van der Waals surface area contributed by atoms with E-state index in [4.69, 9.17) is 9.85 Å². The molecule has 1 atom stereocenters. The van der Waals surface area contributed by atoms with Crippen LogP contribution >= 0.6 is 0 Å². The summed E-state index contributed by atoms with van der Waals surface area (Å²) >= 11 is 0. The van der Waals surface area contributed by atoms with Crippen molar-refractivity contribution in [3.63, 3.8) is 0 Å². The van der Waals surface area contributed by atoms with Gasteiger partial charge in [0.25, 0.3) is 5.56 Å². The zero-order chi connectivity index (χ0) is 20.5. The molecule has 1 saturated heterocycles. The maximum atomic E-state index is 13.0. The Morgan fingerprint density at radius 2 is 2.20 bits per heavy atom. The lowest BCUT2D eigenvalue weighted by Crippen LogP contribution is -2.47. The van der Waals surface area contributed by atoms with Crippen molar-refractivity contribution in [3.8, 4) is 6.07 Å². The molecule has 2 N–H and O–H groups in total. The van der Waals surface area contributed by atoms with Crippen LogP contribution in [-0.4, -0.2) is 28.3 Å². The van der Waals surface area contributed by atoms with Crippen LogP contribution < -0.4 is 21.9 Å². The molecule has 0 unspecified atom stereocenters. The minimum atomic E-state index is -2.90. The van der Waals surface area contributed by atoms with Crippen molar-refractivity contribution in [2.45, 2.75) is 25.4 Å². The van der Waals surface area contributed by atoms with E-state index in [-0.39, 0.29) is 17.2 Å². The number of nitrogens with two attached hydrogens (primary N) is 1. The smallest absolute Gasteiger partial charge is 0.332 e. The molecule has 2 heterocycles. The van der Waals surface area contributed by atoms with Gasteiger partial charge in [-0.3, -0.25) is 13.9 Å². The zero-order valence-electron chi connectivity index (χ0n) is 16.7. The van der Waals surface area contributed by atoms with Crippen LogP contribution in [0, 0.1) is 11.3 Å². The van der Waals surface area contributed by atoms with Crippen molar-refractivity contribution < 1.29 is 4.11 Å². The second-order valence-electron chi connectivity index (χ2n) is 6.16. The van der Waals surface area contributed by atoms with Gasteiger partial charge in [0.1, 0.15) is 5.82 Å². The molecule has 7 heteroatoms. The number of anilines is 1. The largest absolute Gasteiger partial charge is 0.356 e. The standard InChI is InChI=1S/C18H21N5O2/c1-21-17(24)9-16(22-8-4-7-15(20)12-22)23(18(21)25)11-14-6-3-2-5-13(14)10-19/h2-3,5-6,9,15H,4,7-8,11-12,20H2,1H3/t15-/m0/s1/i1+1D3. The number of benzene rings is 1. The molecule has 25 heavy (non-hydrogen) atoms. The Morgan fingerprint density at radius 3 is 2.92 bits per heavy atom. The third kappa shape index (κ3) is 3.35. The zero-order valence-corrected chi connectivity index (χ0v) is 13.7. The van der Waals surface area contributed by atoms with Crippen LogP contribution in [0.2, 0.25) is 0 Å². The summed E-state index contributed by atoms with van der Waals surface area (Å²) in [5.41, 5.74) is 5.16. The third-order valence-electron chi connectivity index (χ3n) is 4.42. The Labute approximate surface area is 149 Å². The summed E-state index contributed by atoms with van der Waals surface area (Å²) in [6, 6.07) is 9.89. The Morgan fingerprint density at radius 1 is 1.40 bits per heavy atom. The van der Waals surface area contributed by atoms with Crippen LogP contribution in [-0.2, 0) is 13.5 Å². The van der Waals surface area contributed by atoms with E-state index in [1.807, 2.05) is 4.90 Å². The maximum Gasteiger partial charge on any atom is 0.332 e. The van der Waals surface area contributed by atoms with Gasteiger partial charge in [0.05, 0.1) is 18.2 Å². The minimum absolute atomic E-state index is 0.0278. The van der Waals surface area contributed by atoms with Gasteiger partial charge in [-0.15, -0.1) is 0 Å². The van der Waals surface area contributed by atoms with E-state index in [2.05, 4.69) is 6.07 Å². The third-order valence-corrected chi connectivity index (χ3v) is 4.42. The van der Waals surface area contributed by atoms with Gasteiger partial charge >= 0.3 is 5.69 Å². The number of rotatable bonds is 3. The van der Waals surface area contributed by atoms with Gasteiger partial charge in [-0.25, -0.2) is 4.79 Å². The molecular weight excluding hydrogens is 319 g/mol. The second-order valence-corrected chi connectivity index (χ2v) is 6.16. The van der Waals surface area contributed by atoms with Crippen LogP contribution in [0.4, 0.5) is 5.82 Å². The Kier molecular flexibility index (Phi) is 3.74. The van der Waals surface area contributed by atoms with E-state index < -0.39 is 18.2 Å². The Bertz CT molecular complexity index is 1040. The van der Waals surface area contributed by atoms with E-state index in [0.29, 0.717) is 30.0 Å². The minimum Gasteiger partial charge on any atom is -0.356 e. The number of piperidine rings is 1. The van der Waals surface area contributed by atoms with Gasteiger partial charge in [0.2, 0.25) is 0 Å². The molecule has 7 nitrogen and oxygen atoms in total. The highest BCUT2D eigenvalue weighted by atomic mass is 16.2. The molecule has 1 aliphatic heterocycles. The molecule has 130 valence electrons. The fraction of sp³-hybridized carbons (Fsp3) is 0.389. The summed E-state index contributed by atoms with van der Waals surface area (Å²) in [5, 5.41) is 9.34. The first kappa shape index (κ1) is 13.4. The van der Waals surface area contributed by atoms with Crippen LogP contribution in [0.3, 0.4) is 0 Å². The molecule has 3 rings (SSSR count). The van der Waals surface area contributed by atoms with Gasteiger partial charge in [-0.1, -0.05) is 18.2 Å². The Balaban J connectivity index is 2.21. The summed E-state index contributed by atoms with van der Waals surface area (Å²) < 4.78 is 24.2. The molecule has 0 bridgehead atoms. The lowest BCUT2D eigenvalue weighted by Gasteiger charge is -2.34. The lowest BCUT2D eigenvalue weighted by atomic mass is 10.1. The number of nitriles is 1. The van der Waals surface area contributed by atoms with Gasteiger partial charge in [0.15, 0.2) is 0 Å². The van der Waals surface area contributed by atoms with Crippen molar-refractivity contribution >= 4 is 5.82 Å². The summed E-state index contributed by atoms with van der Waals surface area (Å²) in [7, 11) is 0. The molecule has 1 aliphatic rings. The summed E-state index contributed by atoms with van der Waals surface area (Å²) in [6.45, 7) is -1.87. The Hall–Kier alpha value is -2.85. The predicted molar refractivity (Wildman–Crippen MR) is 95.6 cm³/mol. The first-order chi connectivity index (χ1) is 13.2. The van der Waals surface area contributed by atoms with Gasteiger partial charge in [-0.05, 0) is 24.5 Å². The molecule has 0 radical (unpaired) electrons. The van der Waals surface area contributed by atoms with Crippen molar-refractivity contribution in [2.75, 3.05) is 18.0 Å².